The number of benzene rings is 1. The maximum Gasteiger partial charge on any atom is 0.288 e. The topological polar surface area (TPSA) is 85.4 Å². The van der Waals surface area contributed by atoms with Gasteiger partial charge >= 0.3 is 0 Å². The third-order valence-electron chi connectivity index (χ3n) is 3.60. The Labute approximate surface area is 132 Å². The average Bonchev–Trinajstić information content (AvgIpc) is 2.52. The number of para-hydroxylation sites is 1. The number of aromatic nitrogens is 1. The van der Waals surface area contributed by atoms with Crippen molar-refractivity contribution in [3.05, 3.63) is 68.6 Å². The molecule has 2 rings (SSSR count). The minimum absolute atomic E-state index is 0.167. The normalized spacial score (nSPS) is 10.3. The summed E-state index contributed by atoms with van der Waals surface area (Å²) in [6.07, 6.45) is 0. The number of hydrogen-bond donors (Lipinski definition) is 0. The zero-order valence-electron chi connectivity index (χ0n) is 12.9. The highest BCUT2D eigenvalue weighted by Crippen LogP contribution is 2.16. The molecule has 0 aliphatic rings. The van der Waals surface area contributed by atoms with Crippen LogP contribution in [0.1, 0.15) is 12.6 Å². The smallest absolute Gasteiger partial charge is 0.288 e. The molecule has 1 aromatic heterocycles. The summed E-state index contributed by atoms with van der Waals surface area (Å²) >= 11 is 0. The van der Waals surface area contributed by atoms with Crippen molar-refractivity contribution in [2.75, 3.05) is 11.4 Å². The van der Waals surface area contributed by atoms with Crippen molar-refractivity contribution in [3.8, 4) is 0 Å². The molecule has 0 fully saturated rings. The van der Waals surface area contributed by atoms with E-state index in [0.717, 1.165) is 22.4 Å². The molecule has 0 atom stereocenters. The lowest BCUT2D eigenvalue weighted by atomic mass is 10.2. The van der Waals surface area contributed by atoms with Crippen LogP contribution in [0.5, 0.6) is 0 Å². The molecule has 1 aromatic carbocycles. The second kappa shape index (κ2) is 6.87. The number of anilines is 1. The van der Waals surface area contributed by atoms with Crippen molar-refractivity contribution in [2.24, 2.45) is 0 Å². The molecule has 120 valence electrons. The van der Waals surface area contributed by atoms with E-state index in [0.29, 0.717) is 6.54 Å². The Morgan fingerprint density at radius 1 is 1.22 bits per heavy atom. The van der Waals surface area contributed by atoms with Gasteiger partial charge in [-0.15, -0.1) is 0 Å². The minimum atomic E-state index is -0.565. The van der Waals surface area contributed by atoms with Gasteiger partial charge in [-0.05, 0) is 26.0 Å². The van der Waals surface area contributed by atoms with Gasteiger partial charge in [0.1, 0.15) is 6.54 Å². The van der Waals surface area contributed by atoms with Crippen molar-refractivity contribution < 1.29 is 9.72 Å². The summed E-state index contributed by atoms with van der Waals surface area (Å²) in [5.74, 6) is -0.301. The molecule has 0 unspecified atom stereocenters. The molecule has 0 aliphatic heterocycles. The molecule has 0 saturated carbocycles. The number of hydrogen-bond acceptors (Lipinski definition) is 4. The van der Waals surface area contributed by atoms with E-state index >= 15 is 0 Å². The van der Waals surface area contributed by atoms with Crippen molar-refractivity contribution in [1.29, 1.82) is 0 Å². The lowest BCUT2D eigenvalue weighted by Gasteiger charge is -2.22. The van der Waals surface area contributed by atoms with E-state index in [9.17, 15) is 19.7 Å². The van der Waals surface area contributed by atoms with Gasteiger partial charge in [-0.25, -0.2) is 0 Å². The van der Waals surface area contributed by atoms with Gasteiger partial charge in [-0.1, -0.05) is 18.2 Å². The zero-order chi connectivity index (χ0) is 17.0. The van der Waals surface area contributed by atoms with Crippen LogP contribution in [0.4, 0.5) is 11.4 Å². The average molecular weight is 315 g/mol. The Morgan fingerprint density at radius 3 is 2.43 bits per heavy atom. The van der Waals surface area contributed by atoms with Gasteiger partial charge in [-0.2, -0.15) is 0 Å². The van der Waals surface area contributed by atoms with Crippen molar-refractivity contribution in [3.63, 3.8) is 0 Å². The van der Waals surface area contributed by atoms with Crippen LogP contribution in [-0.2, 0) is 11.3 Å². The standard InChI is InChI=1S/C16H17N3O4/c1-3-17(13-7-5-4-6-8-13)16(21)11-18-12(2)14(19(22)23)9-10-15(18)20/h4-10H,3,11H2,1-2H3. The summed E-state index contributed by atoms with van der Waals surface area (Å²) < 4.78 is 1.13. The predicted molar refractivity (Wildman–Crippen MR) is 86.6 cm³/mol. The van der Waals surface area contributed by atoms with E-state index in [4.69, 9.17) is 0 Å². The molecule has 0 saturated heterocycles. The lowest BCUT2D eigenvalue weighted by Crippen LogP contribution is -2.37. The fourth-order valence-electron chi connectivity index (χ4n) is 2.39. The monoisotopic (exact) mass is 315 g/mol. The molecule has 1 amide bonds. The van der Waals surface area contributed by atoms with E-state index in [2.05, 4.69) is 0 Å². The van der Waals surface area contributed by atoms with Crippen LogP contribution in [-0.4, -0.2) is 21.9 Å². The number of pyridine rings is 1. The number of carbonyl (C=O) groups excluding carboxylic acids is 1. The molecule has 7 nitrogen and oxygen atoms in total. The second-order valence-electron chi connectivity index (χ2n) is 4.96. The van der Waals surface area contributed by atoms with Crippen LogP contribution in [0.25, 0.3) is 0 Å². The summed E-state index contributed by atoms with van der Waals surface area (Å²) in [6.45, 7) is 3.49. The molecule has 0 aliphatic carbocycles. The van der Waals surface area contributed by atoms with Gasteiger partial charge in [0.25, 0.3) is 11.2 Å². The van der Waals surface area contributed by atoms with Gasteiger partial charge in [0.05, 0.1) is 10.6 Å². The van der Waals surface area contributed by atoms with E-state index in [1.807, 2.05) is 25.1 Å². The van der Waals surface area contributed by atoms with Crippen molar-refractivity contribution >= 4 is 17.3 Å². The first-order chi connectivity index (χ1) is 11.0. The number of amides is 1. The Morgan fingerprint density at radius 2 is 1.87 bits per heavy atom. The number of likely N-dealkylation sites (N-methyl/N-ethyl adjacent to an activating group) is 1. The van der Waals surface area contributed by atoms with E-state index in [-0.39, 0.29) is 23.8 Å². The van der Waals surface area contributed by atoms with Gasteiger partial charge in [0.2, 0.25) is 5.91 Å². The zero-order valence-corrected chi connectivity index (χ0v) is 12.9. The van der Waals surface area contributed by atoms with Crippen LogP contribution < -0.4 is 10.5 Å². The maximum absolute atomic E-state index is 12.5. The number of rotatable bonds is 5. The molecule has 0 radical (unpaired) electrons. The third-order valence-corrected chi connectivity index (χ3v) is 3.60. The molecule has 1 heterocycles. The van der Waals surface area contributed by atoms with Crippen LogP contribution in [0.3, 0.4) is 0 Å². The number of carbonyl (C=O) groups is 1. The minimum Gasteiger partial charge on any atom is -0.311 e. The molecular weight excluding hydrogens is 298 g/mol. The van der Waals surface area contributed by atoms with E-state index in [1.54, 1.807) is 12.1 Å². The van der Waals surface area contributed by atoms with Gasteiger partial charge in [0, 0.05) is 24.4 Å². The SMILES string of the molecule is CCN(C(=O)Cn1c(C)c([N+](=O)[O-])ccc1=O)c1ccccc1. The summed E-state index contributed by atoms with van der Waals surface area (Å²) in [7, 11) is 0. The molecule has 7 heteroatoms. The Balaban J connectivity index is 2.35. The van der Waals surface area contributed by atoms with Crippen LogP contribution in [0, 0.1) is 17.0 Å². The molecule has 0 spiro atoms. The molecule has 0 bridgehead atoms. The quantitative estimate of drug-likeness (QED) is 0.625. The van der Waals surface area contributed by atoms with E-state index < -0.39 is 10.5 Å². The molecule has 23 heavy (non-hydrogen) atoms. The van der Waals surface area contributed by atoms with Gasteiger partial charge in [-0.3, -0.25) is 24.3 Å². The summed E-state index contributed by atoms with van der Waals surface area (Å²) in [4.78, 5) is 36.4. The van der Waals surface area contributed by atoms with Gasteiger partial charge < -0.3 is 4.90 Å². The van der Waals surface area contributed by atoms with Crippen molar-refractivity contribution in [2.45, 2.75) is 20.4 Å². The Kier molecular flexibility index (Phi) is 4.90. The Hall–Kier alpha value is -2.96. The van der Waals surface area contributed by atoms with E-state index in [1.165, 1.54) is 11.8 Å². The first-order valence-corrected chi connectivity index (χ1v) is 7.16. The highest BCUT2D eigenvalue weighted by atomic mass is 16.6. The van der Waals surface area contributed by atoms with Crippen molar-refractivity contribution in [1.82, 2.24) is 4.57 Å². The molecule has 0 N–H and O–H groups in total. The number of nitro groups is 1. The highest BCUT2D eigenvalue weighted by molar-refractivity contribution is 5.93. The largest absolute Gasteiger partial charge is 0.311 e. The summed E-state index contributed by atoms with van der Waals surface area (Å²) in [5, 5.41) is 11.0. The lowest BCUT2D eigenvalue weighted by molar-refractivity contribution is -0.386. The fraction of sp³-hybridized carbons (Fsp3) is 0.250. The Bertz CT molecular complexity index is 784. The summed E-state index contributed by atoms with van der Waals surface area (Å²) in [6, 6.07) is 11.3. The molecular formula is C16H17N3O4. The third kappa shape index (κ3) is 3.45. The van der Waals surface area contributed by atoms with Crippen LogP contribution in [0.2, 0.25) is 0 Å². The van der Waals surface area contributed by atoms with Crippen LogP contribution >= 0.6 is 0 Å². The first kappa shape index (κ1) is 16.4. The number of nitrogens with zero attached hydrogens (tertiary/aromatic N) is 3. The maximum atomic E-state index is 12.5. The highest BCUT2D eigenvalue weighted by Gasteiger charge is 2.20. The van der Waals surface area contributed by atoms with Crippen LogP contribution in [0.15, 0.2) is 47.3 Å². The predicted octanol–water partition coefficient (Wildman–Crippen LogP) is 2.12. The summed E-state index contributed by atoms with van der Waals surface area (Å²) in [5.41, 5.74) is 0.266. The fourth-order valence-corrected chi connectivity index (χ4v) is 2.39. The van der Waals surface area contributed by atoms with Gasteiger partial charge in [0.15, 0.2) is 0 Å². The molecule has 2 aromatic rings. The second-order valence-corrected chi connectivity index (χ2v) is 4.96. The first-order valence-electron chi connectivity index (χ1n) is 7.16.